The van der Waals surface area contributed by atoms with Gasteiger partial charge < -0.3 is 5.11 Å². The van der Waals surface area contributed by atoms with E-state index in [4.69, 9.17) is 4.18 Å². The molecule has 1 heterocycles. The van der Waals surface area contributed by atoms with Gasteiger partial charge in [0.05, 0.1) is 17.6 Å². The molecule has 2 aromatic carbocycles. The molecule has 0 bridgehead atoms. The van der Waals surface area contributed by atoms with Gasteiger partial charge in [0.15, 0.2) is 11.1 Å². The van der Waals surface area contributed by atoms with E-state index >= 15 is 0 Å². The monoisotopic (exact) mass is 372 g/mol. The second-order valence-corrected chi connectivity index (χ2v) is 8.33. The Hall–Kier alpha value is -1.49. The second kappa shape index (κ2) is 8.47. The Morgan fingerprint density at radius 3 is 2.50 bits per heavy atom. The van der Waals surface area contributed by atoms with Gasteiger partial charge in [0.2, 0.25) is 0 Å². The summed E-state index contributed by atoms with van der Waals surface area (Å²) in [4.78, 5) is 0.667. The highest BCUT2D eigenvalue weighted by atomic mass is 32.2. The third-order valence-electron chi connectivity index (χ3n) is 5.72. The summed E-state index contributed by atoms with van der Waals surface area (Å²) in [6.45, 7) is 4.57. The Balaban J connectivity index is 2.17. The van der Waals surface area contributed by atoms with Gasteiger partial charge in [-0.1, -0.05) is 75.2 Å². The summed E-state index contributed by atoms with van der Waals surface area (Å²) in [5, 5.41) is 11.6. The summed E-state index contributed by atoms with van der Waals surface area (Å²) in [5.41, 5.74) is 1.55. The Labute approximate surface area is 159 Å². The number of fused-ring (bicyclic) bond motifs is 1. The van der Waals surface area contributed by atoms with Crippen LogP contribution in [0.3, 0.4) is 0 Å². The van der Waals surface area contributed by atoms with E-state index in [1.54, 1.807) is 0 Å². The van der Waals surface area contributed by atoms with Gasteiger partial charge in [-0.25, -0.2) is 4.21 Å². The van der Waals surface area contributed by atoms with Crippen LogP contribution in [0.2, 0.25) is 0 Å². The van der Waals surface area contributed by atoms with Gasteiger partial charge >= 0.3 is 0 Å². The molecule has 4 atom stereocenters. The Kier molecular flexibility index (Phi) is 6.28. The molecule has 0 aromatic heterocycles. The van der Waals surface area contributed by atoms with Gasteiger partial charge in [0, 0.05) is 11.3 Å². The minimum Gasteiger partial charge on any atom is -0.391 e. The summed E-state index contributed by atoms with van der Waals surface area (Å²) < 4.78 is 18.6. The van der Waals surface area contributed by atoms with Crippen LogP contribution in [0.25, 0.3) is 0 Å². The summed E-state index contributed by atoms with van der Waals surface area (Å²) >= 11 is -1.52. The maximum atomic E-state index is 12.8. The minimum atomic E-state index is -1.52. The molecule has 0 saturated carbocycles. The average Bonchev–Trinajstić information content (AvgIpc) is 2.69. The molecule has 0 spiro atoms. The van der Waals surface area contributed by atoms with Gasteiger partial charge in [-0.3, -0.25) is 4.18 Å². The largest absolute Gasteiger partial charge is 0.391 e. The van der Waals surface area contributed by atoms with Crippen molar-refractivity contribution in [1.29, 1.82) is 0 Å². The highest BCUT2D eigenvalue weighted by Crippen LogP contribution is 2.45. The molecule has 0 aliphatic carbocycles. The normalized spacial score (nSPS) is 28.8. The topological polar surface area (TPSA) is 46.5 Å². The van der Waals surface area contributed by atoms with Crippen molar-refractivity contribution in [2.75, 3.05) is 6.61 Å². The molecule has 1 N–H and O–H groups in total. The van der Waals surface area contributed by atoms with Crippen molar-refractivity contribution < 1.29 is 13.5 Å². The van der Waals surface area contributed by atoms with Crippen LogP contribution in [0, 0.1) is 5.41 Å². The average molecular weight is 373 g/mol. The van der Waals surface area contributed by atoms with E-state index in [-0.39, 0.29) is 5.92 Å². The lowest BCUT2D eigenvalue weighted by Crippen LogP contribution is -2.44. The van der Waals surface area contributed by atoms with Crippen LogP contribution in [0.15, 0.2) is 59.5 Å². The van der Waals surface area contributed by atoms with Crippen molar-refractivity contribution in [2.24, 2.45) is 5.41 Å². The number of aliphatic hydroxyl groups is 1. The Morgan fingerprint density at radius 2 is 1.81 bits per heavy atom. The fourth-order valence-electron chi connectivity index (χ4n) is 3.99. The first-order valence-electron chi connectivity index (χ1n) is 9.50. The van der Waals surface area contributed by atoms with E-state index in [9.17, 15) is 9.32 Å². The quantitative estimate of drug-likeness (QED) is 0.818. The standard InChI is InChI=1S/C22H28O3S/c1-3-5-15-22(4-2)16-25-26(24)19-14-10-9-13-18(19)20(21(22)23)17-11-7-6-8-12-17/h6-14,20-21,23H,3-5,15-16H2,1-2H3/t20-,21+,22+,26?/m0/s1. The lowest BCUT2D eigenvalue weighted by Gasteiger charge is -2.43. The zero-order valence-electron chi connectivity index (χ0n) is 15.6. The summed E-state index contributed by atoms with van der Waals surface area (Å²) in [5.74, 6) is -0.211. The van der Waals surface area contributed by atoms with E-state index in [2.05, 4.69) is 26.0 Å². The third kappa shape index (κ3) is 3.64. The lowest BCUT2D eigenvalue weighted by molar-refractivity contribution is -0.0295. The first-order valence-corrected chi connectivity index (χ1v) is 10.6. The van der Waals surface area contributed by atoms with Crippen molar-refractivity contribution in [3.63, 3.8) is 0 Å². The molecule has 1 aliphatic heterocycles. The second-order valence-electron chi connectivity index (χ2n) is 7.19. The lowest BCUT2D eigenvalue weighted by atomic mass is 9.68. The molecule has 3 nitrogen and oxygen atoms in total. The molecule has 2 aromatic rings. The highest BCUT2D eigenvalue weighted by Gasteiger charge is 2.44. The van der Waals surface area contributed by atoms with Crippen molar-refractivity contribution in [3.8, 4) is 0 Å². The third-order valence-corrected chi connectivity index (χ3v) is 6.78. The fourth-order valence-corrected chi connectivity index (χ4v) is 5.04. The number of rotatable bonds is 5. The van der Waals surface area contributed by atoms with Crippen LogP contribution in [-0.2, 0) is 15.3 Å². The summed E-state index contributed by atoms with van der Waals surface area (Å²) in [6, 6.07) is 17.7. The molecule has 0 fully saturated rings. The zero-order chi connectivity index (χ0) is 18.6. The molecule has 3 rings (SSSR count). The SMILES string of the molecule is CCCC[C@]1(CC)COS(=O)c2ccccc2[C@H](c2ccccc2)[C@H]1O. The molecule has 1 aliphatic rings. The smallest absolute Gasteiger partial charge is 0.189 e. The Morgan fingerprint density at radius 1 is 1.12 bits per heavy atom. The number of hydrogen-bond acceptors (Lipinski definition) is 3. The number of unbranched alkanes of at least 4 members (excludes halogenated alkanes) is 1. The maximum Gasteiger partial charge on any atom is 0.189 e. The van der Waals surface area contributed by atoms with Gasteiger partial charge in [-0.2, -0.15) is 0 Å². The van der Waals surface area contributed by atoms with Crippen LogP contribution in [-0.4, -0.2) is 22.0 Å². The van der Waals surface area contributed by atoms with Gasteiger partial charge in [0.1, 0.15) is 0 Å². The van der Waals surface area contributed by atoms with E-state index in [0.717, 1.165) is 36.8 Å². The summed E-state index contributed by atoms with van der Waals surface area (Å²) in [7, 11) is 0. The first-order chi connectivity index (χ1) is 12.6. The molecule has 0 amide bonds. The maximum absolute atomic E-state index is 12.8. The molecular weight excluding hydrogens is 344 g/mol. The van der Waals surface area contributed by atoms with Crippen molar-refractivity contribution in [1.82, 2.24) is 0 Å². The molecular formula is C22H28O3S. The van der Waals surface area contributed by atoms with Gasteiger partial charge in [0.25, 0.3) is 0 Å². The number of benzene rings is 2. The van der Waals surface area contributed by atoms with Crippen molar-refractivity contribution in [2.45, 2.75) is 56.4 Å². The van der Waals surface area contributed by atoms with Crippen LogP contribution < -0.4 is 0 Å². The van der Waals surface area contributed by atoms with Crippen LogP contribution in [0.4, 0.5) is 0 Å². The molecule has 0 saturated heterocycles. The van der Waals surface area contributed by atoms with E-state index in [1.807, 2.05) is 42.5 Å². The highest BCUT2D eigenvalue weighted by molar-refractivity contribution is 7.80. The molecule has 0 radical (unpaired) electrons. The van der Waals surface area contributed by atoms with Crippen LogP contribution in [0.1, 0.15) is 56.6 Å². The molecule has 26 heavy (non-hydrogen) atoms. The van der Waals surface area contributed by atoms with Crippen molar-refractivity contribution >= 4 is 11.1 Å². The van der Waals surface area contributed by atoms with Gasteiger partial charge in [-0.15, -0.1) is 0 Å². The van der Waals surface area contributed by atoms with Crippen LogP contribution >= 0.6 is 0 Å². The number of hydrogen-bond donors (Lipinski definition) is 1. The number of aliphatic hydroxyl groups excluding tert-OH is 1. The van der Waals surface area contributed by atoms with E-state index in [0.29, 0.717) is 11.5 Å². The van der Waals surface area contributed by atoms with E-state index in [1.165, 1.54) is 0 Å². The predicted molar refractivity (Wildman–Crippen MR) is 105 cm³/mol. The van der Waals surface area contributed by atoms with E-state index < -0.39 is 22.6 Å². The predicted octanol–water partition coefficient (Wildman–Crippen LogP) is 4.82. The molecule has 4 heteroatoms. The first kappa shape index (κ1) is 19.3. The Bertz CT molecular complexity index is 746. The zero-order valence-corrected chi connectivity index (χ0v) is 16.4. The van der Waals surface area contributed by atoms with Crippen molar-refractivity contribution in [3.05, 3.63) is 65.7 Å². The van der Waals surface area contributed by atoms with Crippen LogP contribution in [0.5, 0.6) is 0 Å². The minimum absolute atomic E-state index is 0.211. The summed E-state index contributed by atoms with van der Waals surface area (Å²) in [6.07, 6.45) is 3.13. The molecule has 140 valence electrons. The molecule has 1 unspecified atom stereocenters. The van der Waals surface area contributed by atoms with Gasteiger partial charge in [-0.05, 0) is 30.0 Å². The fraction of sp³-hybridized carbons (Fsp3) is 0.455.